The maximum absolute atomic E-state index is 13.4. The molecule has 20 heavy (non-hydrogen) atoms. The Morgan fingerprint density at radius 3 is 3.05 bits per heavy atom. The SMILES string of the molecule is O=C(C[C@@H]1C(=O)Nc2ncnn21)Nc1ccccc1F. The Labute approximate surface area is 112 Å². The van der Waals surface area contributed by atoms with Crippen molar-refractivity contribution in [3.05, 3.63) is 36.4 Å². The zero-order valence-electron chi connectivity index (χ0n) is 10.2. The second kappa shape index (κ2) is 4.72. The molecule has 2 amide bonds. The van der Waals surface area contributed by atoms with Gasteiger partial charge in [0.25, 0.3) is 5.91 Å². The quantitative estimate of drug-likeness (QED) is 0.872. The van der Waals surface area contributed by atoms with E-state index in [2.05, 4.69) is 20.7 Å². The molecular weight excluding hydrogens is 265 g/mol. The first-order valence-corrected chi connectivity index (χ1v) is 5.90. The Morgan fingerprint density at radius 1 is 1.45 bits per heavy atom. The van der Waals surface area contributed by atoms with Gasteiger partial charge in [-0.3, -0.25) is 14.9 Å². The first kappa shape index (κ1) is 12.3. The molecule has 2 heterocycles. The van der Waals surface area contributed by atoms with Crippen molar-refractivity contribution < 1.29 is 14.0 Å². The lowest BCUT2D eigenvalue weighted by Crippen LogP contribution is -2.23. The van der Waals surface area contributed by atoms with Gasteiger partial charge in [-0.25, -0.2) is 9.07 Å². The fourth-order valence-corrected chi connectivity index (χ4v) is 1.99. The molecule has 0 saturated carbocycles. The van der Waals surface area contributed by atoms with E-state index >= 15 is 0 Å². The van der Waals surface area contributed by atoms with Gasteiger partial charge in [0.1, 0.15) is 18.2 Å². The van der Waals surface area contributed by atoms with Crippen LogP contribution in [0.1, 0.15) is 12.5 Å². The standard InChI is InChI=1S/C12H10FN5O2/c13-7-3-1-2-4-8(7)16-10(19)5-9-11(20)17-12-14-6-15-18(9)12/h1-4,6,9H,5H2,(H,16,19)(H,14,15,17,20)/t9-/m1/s1. The highest BCUT2D eigenvalue weighted by Crippen LogP contribution is 2.24. The fourth-order valence-electron chi connectivity index (χ4n) is 1.99. The van der Waals surface area contributed by atoms with Gasteiger partial charge in [-0.15, -0.1) is 0 Å². The number of carbonyl (C=O) groups excluding carboxylic acids is 2. The van der Waals surface area contributed by atoms with Crippen LogP contribution in [0.15, 0.2) is 30.6 Å². The number of hydrogen-bond donors (Lipinski definition) is 2. The molecule has 1 aliphatic rings. The maximum atomic E-state index is 13.4. The van der Waals surface area contributed by atoms with E-state index in [1.165, 1.54) is 29.2 Å². The minimum atomic E-state index is -0.765. The number of nitrogens with one attached hydrogen (secondary N) is 2. The molecule has 0 unspecified atom stereocenters. The third-order valence-corrected chi connectivity index (χ3v) is 2.93. The Hall–Kier alpha value is -2.77. The van der Waals surface area contributed by atoms with E-state index in [9.17, 15) is 14.0 Å². The number of amides is 2. The lowest BCUT2D eigenvalue weighted by atomic mass is 10.2. The summed E-state index contributed by atoms with van der Waals surface area (Å²) in [7, 11) is 0. The molecule has 0 spiro atoms. The van der Waals surface area contributed by atoms with Crippen molar-refractivity contribution in [3.8, 4) is 0 Å². The number of nitrogens with zero attached hydrogens (tertiary/aromatic N) is 3. The van der Waals surface area contributed by atoms with Gasteiger partial charge in [-0.1, -0.05) is 12.1 Å². The van der Waals surface area contributed by atoms with Gasteiger partial charge >= 0.3 is 0 Å². The predicted molar refractivity (Wildman–Crippen MR) is 67.3 cm³/mol. The molecule has 1 atom stereocenters. The average molecular weight is 275 g/mol. The molecular formula is C12H10FN5O2. The number of rotatable bonds is 3. The summed E-state index contributed by atoms with van der Waals surface area (Å²) in [5.74, 6) is -1.06. The van der Waals surface area contributed by atoms with Crippen LogP contribution in [0.5, 0.6) is 0 Å². The van der Waals surface area contributed by atoms with E-state index in [-0.39, 0.29) is 18.0 Å². The number of carbonyl (C=O) groups is 2. The topological polar surface area (TPSA) is 88.9 Å². The molecule has 2 aromatic rings. The number of aromatic nitrogens is 3. The summed E-state index contributed by atoms with van der Waals surface area (Å²) in [6.45, 7) is 0. The molecule has 0 aliphatic carbocycles. The van der Waals surface area contributed by atoms with Crippen LogP contribution in [0.2, 0.25) is 0 Å². The van der Waals surface area contributed by atoms with Crippen LogP contribution in [0.3, 0.4) is 0 Å². The zero-order valence-corrected chi connectivity index (χ0v) is 10.2. The first-order valence-electron chi connectivity index (χ1n) is 5.90. The molecule has 0 bridgehead atoms. The number of halogens is 1. The highest BCUT2D eigenvalue weighted by atomic mass is 19.1. The second-order valence-corrected chi connectivity index (χ2v) is 4.27. The zero-order chi connectivity index (χ0) is 14.1. The van der Waals surface area contributed by atoms with Crippen LogP contribution in [-0.4, -0.2) is 26.6 Å². The highest BCUT2D eigenvalue weighted by Gasteiger charge is 2.33. The van der Waals surface area contributed by atoms with Gasteiger partial charge < -0.3 is 5.32 Å². The molecule has 102 valence electrons. The molecule has 1 aliphatic heterocycles. The molecule has 0 fully saturated rings. The summed E-state index contributed by atoms with van der Waals surface area (Å²) >= 11 is 0. The largest absolute Gasteiger partial charge is 0.324 e. The summed E-state index contributed by atoms with van der Waals surface area (Å²) in [6, 6.07) is 5.06. The summed E-state index contributed by atoms with van der Waals surface area (Å²) in [6.07, 6.45) is 1.15. The number of anilines is 2. The monoisotopic (exact) mass is 275 g/mol. The van der Waals surface area contributed by atoms with Crippen LogP contribution >= 0.6 is 0 Å². The summed E-state index contributed by atoms with van der Waals surface area (Å²) in [4.78, 5) is 27.4. The van der Waals surface area contributed by atoms with Gasteiger partial charge in [-0.2, -0.15) is 10.1 Å². The third kappa shape index (κ3) is 2.11. The van der Waals surface area contributed by atoms with Gasteiger partial charge in [-0.05, 0) is 12.1 Å². The van der Waals surface area contributed by atoms with Gasteiger partial charge in [0.15, 0.2) is 0 Å². The summed E-state index contributed by atoms with van der Waals surface area (Å²) in [5.41, 5.74) is 0.0784. The minimum Gasteiger partial charge on any atom is -0.324 e. The predicted octanol–water partition coefficient (Wildman–Crippen LogP) is 0.939. The van der Waals surface area contributed by atoms with Crippen molar-refractivity contribution in [3.63, 3.8) is 0 Å². The van der Waals surface area contributed by atoms with Crippen LogP contribution in [0.4, 0.5) is 16.0 Å². The Kier molecular flexibility index (Phi) is 2.90. The number of benzene rings is 1. The average Bonchev–Trinajstić information content (AvgIpc) is 2.96. The van der Waals surface area contributed by atoms with Gasteiger partial charge in [0, 0.05) is 0 Å². The Morgan fingerprint density at radius 2 is 2.25 bits per heavy atom. The van der Waals surface area contributed by atoms with Crippen LogP contribution in [-0.2, 0) is 9.59 Å². The minimum absolute atomic E-state index is 0.0784. The number of fused-ring (bicyclic) bond motifs is 1. The van der Waals surface area contributed by atoms with Gasteiger partial charge in [0.05, 0.1) is 12.1 Å². The maximum Gasteiger partial charge on any atom is 0.252 e. The second-order valence-electron chi connectivity index (χ2n) is 4.27. The molecule has 1 aromatic heterocycles. The summed E-state index contributed by atoms with van der Waals surface area (Å²) < 4.78 is 14.7. The van der Waals surface area contributed by atoms with Crippen LogP contribution < -0.4 is 10.6 Å². The number of hydrogen-bond acceptors (Lipinski definition) is 4. The third-order valence-electron chi connectivity index (χ3n) is 2.93. The smallest absolute Gasteiger partial charge is 0.252 e. The molecule has 1 aromatic carbocycles. The highest BCUT2D eigenvalue weighted by molar-refractivity contribution is 6.00. The van der Waals surface area contributed by atoms with Crippen LogP contribution in [0, 0.1) is 5.82 Å². The lowest BCUT2D eigenvalue weighted by molar-refractivity contribution is -0.123. The molecule has 3 rings (SSSR count). The summed E-state index contributed by atoms with van der Waals surface area (Å²) in [5, 5.41) is 8.80. The van der Waals surface area contributed by atoms with Crippen molar-refractivity contribution >= 4 is 23.5 Å². The number of para-hydroxylation sites is 1. The van der Waals surface area contributed by atoms with E-state index in [1.807, 2.05) is 0 Å². The molecule has 2 N–H and O–H groups in total. The molecule has 7 nitrogen and oxygen atoms in total. The molecule has 8 heteroatoms. The van der Waals surface area contributed by atoms with Crippen molar-refractivity contribution in [1.29, 1.82) is 0 Å². The van der Waals surface area contributed by atoms with Gasteiger partial charge in [0.2, 0.25) is 11.9 Å². The van der Waals surface area contributed by atoms with E-state index in [1.54, 1.807) is 6.07 Å². The Bertz CT molecular complexity index is 684. The van der Waals surface area contributed by atoms with Crippen molar-refractivity contribution in [2.45, 2.75) is 12.5 Å². The van der Waals surface area contributed by atoms with Crippen LogP contribution in [0.25, 0.3) is 0 Å². The van der Waals surface area contributed by atoms with E-state index in [0.29, 0.717) is 5.95 Å². The van der Waals surface area contributed by atoms with E-state index < -0.39 is 17.8 Å². The molecule has 0 saturated heterocycles. The normalized spacial score (nSPS) is 16.6. The lowest BCUT2D eigenvalue weighted by Gasteiger charge is -2.10. The Balaban J connectivity index is 1.71. The fraction of sp³-hybridized carbons (Fsp3) is 0.167. The first-order chi connectivity index (χ1) is 9.65. The van der Waals surface area contributed by atoms with E-state index in [0.717, 1.165) is 0 Å². The van der Waals surface area contributed by atoms with Crippen molar-refractivity contribution in [2.75, 3.05) is 10.6 Å². The molecule has 0 radical (unpaired) electrons. The van der Waals surface area contributed by atoms with Crippen molar-refractivity contribution in [1.82, 2.24) is 14.8 Å². The van der Waals surface area contributed by atoms with Crippen molar-refractivity contribution in [2.24, 2.45) is 0 Å². The van der Waals surface area contributed by atoms with E-state index in [4.69, 9.17) is 0 Å².